The normalized spacial score (nSPS) is 19.2. The first-order chi connectivity index (χ1) is 9.78. The Morgan fingerprint density at radius 1 is 1.40 bits per heavy atom. The molecule has 112 valence electrons. The van der Waals surface area contributed by atoms with E-state index in [4.69, 9.17) is 4.74 Å². The third kappa shape index (κ3) is 5.10. The number of likely N-dealkylation sites (N-methyl/N-ethyl adjacent to an activating group) is 1. The van der Waals surface area contributed by atoms with Crippen molar-refractivity contribution in [1.29, 1.82) is 0 Å². The Kier molecular flexibility index (Phi) is 6.27. The molecule has 1 aliphatic heterocycles. The van der Waals surface area contributed by atoms with Crippen LogP contribution in [0.5, 0.6) is 0 Å². The highest BCUT2D eigenvalue weighted by atomic mass is 16.5. The van der Waals surface area contributed by atoms with E-state index in [0.717, 1.165) is 38.5 Å². The minimum atomic E-state index is 0.409. The van der Waals surface area contributed by atoms with Crippen LogP contribution in [0.1, 0.15) is 38.2 Å². The maximum Gasteiger partial charge on any atom is 0.125 e. The molecule has 0 spiro atoms. The van der Waals surface area contributed by atoms with E-state index in [-0.39, 0.29) is 0 Å². The summed E-state index contributed by atoms with van der Waals surface area (Å²) in [7, 11) is 2.15. The van der Waals surface area contributed by atoms with Crippen molar-refractivity contribution in [2.24, 2.45) is 0 Å². The van der Waals surface area contributed by atoms with E-state index < -0.39 is 0 Å². The maximum atomic E-state index is 5.78. The van der Waals surface area contributed by atoms with Gasteiger partial charge in [-0.15, -0.1) is 0 Å². The predicted octanol–water partition coefficient (Wildman–Crippen LogP) is 2.90. The fourth-order valence-corrected chi connectivity index (χ4v) is 2.55. The lowest BCUT2D eigenvalue weighted by Crippen LogP contribution is -2.33. The van der Waals surface area contributed by atoms with E-state index in [1.54, 1.807) is 0 Å². The van der Waals surface area contributed by atoms with E-state index in [9.17, 15) is 0 Å². The molecule has 1 atom stereocenters. The van der Waals surface area contributed by atoms with Crippen molar-refractivity contribution in [2.75, 3.05) is 32.1 Å². The van der Waals surface area contributed by atoms with Gasteiger partial charge in [-0.25, -0.2) is 4.98 Å². The molecule has 1 fully saturated rings. The smallest absolute Gasteiger partial charge is 0.125 e. The topological polar surface area (TPSA) is 37.4 Å². The standard InChI is InChI=1S/C16H27N3O/c1-3-9-17-16-8-7-14(11-18-16)12-19(2)13-15-6-4-5-10-20-15/h7-8,11,15H,3-6,9-10,12-13H2,1-2H3,(H,17,18). The van der Waals surface area contributed by atoms with E-state index in [0.29, 0.717) is 6.10 Å². The summed E-state index contributed by atoms with van der Waals surface area (Å²) < 4.78 is 5.78. The van der Waals surface area contributed by atoms with Gasteiger partial charge in [0.05, 0.1) is 6.10 Å². The number of anilines is 1. The van der Waals surface area contributed by atoms with E-state index in [2.05, 4.69) is 41.3 Å². The number of hydrogen-bond acceptors (Lipinski definition) is 4. The number of pyridine rings is 1. The molecule has 4 heteroatoms. The minimum absolute atomic E-state index is 0.409. The fourth-order valence-electron chi connectivity index (χ4n) is 2.55. The maximum absolute atomic E-state index is 5.78. The van der Waals surface area contributed by atoms with Gasteiger partial charge >= 0.3 is 0 Å². The average molecular weight is 277 g/mol. The van der Waals surface area contributed by atoms with Crippen molar-refractivity contribution in [3.05, 3.63) is 23.9 Å². The molecule has 1 saturated heterocycles. The second-order valence-electron chi connectivity index (χ2n) is 5.66. The van der Waals surface area contributed by atoms with Crippen LogP contribution in [0.15, 0.2) is 18.3 Å². The monoisotopic (exact) mass is 277 g/mol. The lowest BCUT2D eigenvalue weighted by atomic mass is 10.1. The van der Waals surface area contributed by atoms with Crippen molar-refractivity contribution >= 4 is 5.82 Å². The van der Waals surface area contributed by atoms with Crippen LogP contribution in [0, 0.1) is 0 Å². The fraction of sp³-hybridized carbons (Fsp3) is 0.688. The molecule has 0 bridgehead atoms. The molecule has 2 rings (SSSR count). The van der Waals surface area contributed by atoms with Crippen LogP contribution in [0.4, 0.5) is 5.82 Å². The molecule has 1 aromatic heterocycles. The van der Waals surface area contributed by atoms with E-state index in [1.807, 2.05) is 6.20 Å². The minimum Gasteiger partial charge on any atom is -0.377 e. The van der Waals surface area contributed by atoms with Gasteiger partial charge in [-0.05, 0) is 44.4 Å². The van der Waals surface area contributed by atoms with Gasteiger partial charge in [-0.1, -0.05) is 13.0 Å². The van der Waals surface area contributed by atoms with Crippen molar-refractivity contribution in [3.8, 4) is 0 Å². The first-order valence-corrected chi connectivity index (χ1v) is 7.77. The highest BCUT2D eigenvalue weighted by Gasteiger charge is 2.15. The van der Waals surface area contributed by atoms with Gasteiger partial charge in [0.25, 0.3) is 0 Å². The molecule has 0 saturated carbocycles. The summed E-state index contributed by atoms with van der Waals surface area (Å²) in [5, 5.41) is 3.30. The summed E-state index contributed by atoms with van der Waals surface area (Å²) >= 11 is 0. The van der Waals surface area contributed by atoms with Gasteiger partial charge in [0.2, 0.25) is 0 Å². The van der Waals surface area contributed by atoms with Crippen LogP contribution >= 0.6 is 0 Å². The Hall–Kier alpha value is -1.13. The molecular weight excluding hydrogens is 250 g/mol. The molecule has 4 nitrogen and oxygen atoms in total. The Bertz CT molecular complexity index is 374. The molecule has 1 aliphatic rings. The van der Waals surface area contributed by atoms with Crippen molar-refractivity contribution < 1.29 is 4.74 Å². The van der Waals surface area contributed by atoms with Crippen LogP contribution in [0.3, 0.4) is 0 Å². The third-order valence-corrected chi connectivity index (χ3v) is 3.62. The second kappa shape index (κ2) is 8.22. The average Bonchev–Trinajstić information content (AvgIpc) is 2.47. The number of ether oxygens (including phenoxy) is 1. The summed E-state index contributed by atoms with van der Waals surface area (Å²) in [6, 6.07) is 4.22. The second-order valence-corrected chi connectivity index (χ2v) is 5.66. The van der Waals surface area contributed by atoms with Crippen molar-refractivity contribution in [2.45, 2.75) is 45.3 Å². The van der Waals surface area contributed by atoms with Gasteiger partial charge < -0.3 is 10.1 Å². The number of nitrogens with one attached hydrogen (secondary N) is 1. The van der Waals surface area contributed by atoms with Crippen LogP contribution < -0.4 is 5.32 Å². The third-order valence-electron chi connectivity index (χ3n) is 3.62. The predicted molar refractivity (Wildman–Crippen MR) is 82.9 cm³/mol. The quantitative estimate of drug-likeness (QED) is 0.831. The molecule has 1 aromatic rings. The molecule has 0 amide bonds. The summed E-state index contributed by atoms with van der Waals surface area (Å²) in [5.41, 5.74) is 1.25. The highest BCUT2D eigenvalue weighted by molar-refractivity contribution is 5.35. The van der Waals surface area contributed by atoms with Crippen LogP contribution in [0.2, 0.25) is 0 Å². The van der Waals surface area contributed by atoms with Gasteiger partial charge in [-0.3, -0.25) is 4.90 Å². The first-order valence-electron chi connectivity index (χ1n) is 7.77. The Morgan fingerprint density at radius 3 is 2.95 bits per heavy atom. The number of aromatic nitrogens is 1. The lowest BCUT2D eigenvalue weighted by molar-refractivity contribution is -0.00260. The van der Waals surface area contributed by atoms with Gasteiger partial charge in [0.15, 0.2) is 0 Å². The van der Waals surface area contributed by atoms with Gasteiger partial charge in [0.1, 0.15) is 5.82 Å². The molecule has 0 aliphatic carbocycles. The number of rotatable bonds is 7. The van der Waals surface area contributed by atoms with Crippen LogP contribution in [0.25, 0.3) is 0 Å². The molecule has 1 unspecified atom stereocenters. The zero-order valence-corrected chi connectivity index (χ0v) is 12.8. The summed E-state index contributed by atoms with van der Waals surface area (Å²) in [5.74, 6) is 0.967. The Balaban J connectivity index is 1.76. The van der Waals surface area contributed by atoms with Gasteiger partial charge in [0, 0.05) is 32.4 Å². The highest BCUT2D eigenvalue weighted by Crippen LogP contribution is 2.14. The molecule has 0 radical (unpaired) electrons. The summed E-state index contributed by atoms with van der Waals surface area (Å²) in [6.45, 7) is 6.00. The summed E-state index contributed by atoms with van der Waals surface area (Å²) in [4.78, 5) is 6.77. The molecule has 0 aromatic carbocycles. The molecule has 20 heavy (non-hydrogen) atoms. The van der Waals surface area contributed by atoms with Crippen molar-refractivity contribution in [1.82, 2.24) is 9.88 Å². The number of nitrogens with zero attached hydrogens (tertiary/aromatic N) is 2. The Morgan fingerprint density at radius 2 is 2.30 bits per heavy atom. The van der Waals surface area contributed by atoms with E-state index in [1.165, 1.54) is 24.8 Å². The zero-order valence-electron chi connectivity index (χ0n) is 12.8. The molecule has 1 N–H and O–H groups in total. The Labute approximate surface area is 122 Å². The SMILES string of the molecule is CCCNc1ccc(CN(C)CC2CCCCO2)cn1. The number of hydrogen-bond donors (Lipinski definition) is 1. The van der Waals surface area contributed by atoms with Crippen molar-refractivity contribution in [3.63, 3.8) is 0 Å². The van der Waals surface area contributed by atoms with E-state index >= 15 is 0 Å². The van der Waals surface area contributed by atoms with Crippen LogP contribution in [-0.4, -0.2) is 42.7 Å². The van der Waals surface area contributed by atoms with Gasteiger partial charge in [-0.2, -0.15) is 0 Å². The first kappa shape index (κ1) is 15.3. The summed E-state index contributed by atoms with van der Waals surface area (Å²) in [6.07, 6.45) is 7.22. The molecule has 2 heterocycles. The molecular formula is C16H27N3O. The lowest BCUT2D eigenvalue weighted by Gasteiger charge is -2.27. The largest absolute Gasteiger partial charge is 0.377 e. The zero-order chi connectivity index (χ0) is 14.2. The van der Waals surface area contributed by atoms with Crippen LogP contribution in [-0.2, 0) is 11.3 Å².